The lowest BCUT2D eigenvalue weighted by Gasteiger charge is -2.36. The first-order valence-corrected chi connectivity index (χ1v) is 16.0. The summed E-state index contributed by atoms with van der Waals surface area (Å²) >= 11 is 5.65. The maximum atomic E-state index is 15.2. The zero-order valence-electron chi connectivity index (χ0n) is 25.0. The number of amides is 2. The Balaban J connectivity index is 0.00000552. The summed E-state index contributed by atoms with van der Waals surface area (Å²) in [6.45, 7) is 3.89. The summed E-state index contributed by atoms with van der Waals surface area (Å²) in [6, 6.07) is 2.82. The summed E-state index contributed by atoms with van der Waals surface area (Å²) in [5.74, 6) is -1.61. The van der Waals surface area contributed by atoms with Gasteiger partial charge in [0.1, 0.15) is 11.4 Å². The molecule has 1 aromatic carbocycles. The third kappa shape index (κ3) is 10.4. The zero-order valence-corrected chi connectivity index (χ0v) is 25.8. The highest BCUT2D eigenvalue weighted by Gasteiger charge is 2.29. The Kier molecular flexibility index (Phi) is 14.5. The van der Waals surface area contributed by atoms with Crippen LogP contribution in [0.2, 0.25) is 0 Å². The number of anilines is 1. The van der Waals surface area contributed by atoms with Crippen LogP contribution >= 0.6 is 11.6 Å². The van der Waals surface area contributed by atoms with Crippen molar-refractivity contribution < 1.29 is 33.4 Å². The van der Waals surface area contributed by atoms with Gasteiger partial charge in [0.2, 0.25) is 17.2 Å². The molecule has 250 valence electrons. The van der Waals surface area contributed by atoms with Gasteiger partial charge in [-0.15, -0.1) is 11.6 Å². The molecule has 1 aliphatic carbocycles. The number of carboxylic acids is 1. The minimum atomic E-state index is -1.33. The molecule has 2 N–H and O–H groups in total. The highest BCUT2D eigenvalue weighted by Crippen LogP contribution is 2.38. The molecule has 1 saturated heterocycles. The number of nitrogens with one attached hydrogen (secondary N) is 1. The molecule has 0 unspecified atom stereocenters. The van der Waals surface area contributed by atoms with Crippen molar-refractivity contribution in [2.75, 3.05) is 69.9 Å². The van der Waals surface area contributed by atoms with Gasteiger partial charge in [0.15, 0.2) is 0 Å². The highest BCUT2D eigenvalue weighted by atomic mass is 35.5. The van der Waals surface area contributed by atoms with Crippen LogP contribution in [0, 0.1) is 5.82 Å². The van der Waals surface area contributed by atoms with Crippen molar-refractivity contribution in [1.82, 2.24) is 14.8 Å². The van der Waals surface area contributed by atoms with E-state index in [0.29, 0.717) is 76.2 Å². The van der Waals surface area contributed by atoms with Crippen LogP contribution in [0.5, 0.6) is 0 Å². The number of unbranched alkanes of at least 4 members (excludes halogenated alkanes) is 3. The molecule has 0 radical (unpaired) electrons. The molecule has 11 nitrogen and oxygen atoms in total. The first kappa shape index (κ1) is 36.3. The first-order valence-electron chi connectivity index (χ1n) is 15.4. The number of ether oxygens (including phenoxy) is 2. The number of rotatable bonds is 18. The number of piperazine rings is 1. The van der Waals surface area contributed by atoms with E-state index in [1.165, 1.54) is 6.20 Å². The molecule has 0 spiro atoms. The standard InChI is InChI=1S/C31H42ClFN4O7.CH4/c32-9-3-1-2-4-15-43-17-18-44-16-10-34-28(38)7-8-29(39)36-13-11-35(12-14-36)27-20-26-23(19-25(27)33)30(40)24(31(41)42)21-37(26)22-5-6-22;/h19-22H,1-18H2,(H,34,38)(H,41,42);1H4. The summed E-state index contributed by atoms with van der Waals surface area (Å²) in [5, 5.41) is 12.3. The van der Waals surface area contributed by atoms with E-state index in [-0.39, 0.29) is 49.1 Å². The van der Waals surface area contributed by atoms with Crippen molar-refractivity contribution in [3.05, 3.63) is 39.9 Å². The van der Waals surface area contributed by atoms with E-state index in [4.69, 9.17) is 21.1 Å². The number of carbonyl (C=O) groups is 3. The number of hydrogen-bond donors (Lipinski definition) is 2. The Bertz CT molecular complexity index is 1360. The van der Waals surface area contributed by atoms with Crippen LogP contribution in [-0.4, -0.2) is 97.4 Å². The van der Waals surface area contributed by atoms with Crippen molar-refractivity contribution >= 4 is 46.0 Å². The predicted molar refractivity (Wildman–Crippen MR) is 172 cm³/mol. The number of nitrogens with zero attached hydrogens (tertiary/aromatic N) is 3. The lowest BCUT2D eigenvalue weighted by Crippen LogP contribution is -2.49. The third-order valence-electron chi connectivity index (χ3n) is 7.92. The van der Waals surface area contributed by atoms with Gasteiger partial charge in [0, 0.05) is 75.7 Å². The second-order valence-electron chi connectivity index (χ2n) is 11.2. The molecule has 0 bridgehead atoms. The third-order valence-corrected chi connectivity index (χ3v) is 8.19. The molecule has 2 heterocycles. The second kappa shape index (κ2) is 18.1. The normalized spacial score (nSPS) is 14.8. The number of carbonyl (C=O) groups excluding carboxylic acids is 2. The number of pyridine rings is 1. The van der Waals surface area contributed by atoms with E-state index in [0.717, 1.165) is 44.6 Å². The summed E-state index contributed by atoms with van der Waals surface area (Å²) in [6.07, 6.45) is 7.50. The van der Waals surface area contributed by atoms with E-state index in [1.54, 1.807) is 15.5 Å². The van der Waals surface area contributed by atoms with Crippen LogP contribution < -0.4 is 15.6 Å². The van der Waals surface area contributed by atoms with Gasteiger partial charge in [0.05, 0.1) is 31.0 Å². The lowest BCUT2D eigenvalue weighted by molar-refractivity contribution is -0.133. The Labute approximate surface area is 268 Å². The summed E-state index contributed by atoms with van der Waals surface area (Å²) in [5.41, 5.74) is -0.251. The fourth-order valence-corrected chi connectivity index (χ4v) is 5.50. The van der Waals surface area contributed by atoms with Gasteiger partial charge in [-0.25, -0.2) is 9.18 Å². The van der Waals surface area contributed by atoms with Gasteiger partial charge in [-0.2, -0.15) is 0 Å². The van der Waals surface area contributed by atoms with Crippen LogP contribution in [0.15, 0.2) is 23.1 Å². The number of benzene rings is 1. The largest absolute Gasteiger partial charge is 0.477 e. The minimum Gasteiger partial charge on any atom is -0.477 e. The van der Waals surface area contributed by atoms with Crippen molar-refractivity contribution in [2.45, 2.75) is 64.8 Å². The smallest absolute Gasteiger partial charge is 0.341 e. The van der Waals surface area contributed by atoms with E-state index >= 15 is 4.39 Å². The molecule has 1 aliphatic heterocycles. The molecular formula is C32H46ClFN4O7. The number of halogens is 2. The molecule has 2 amide bonds. The van der Waals surface area contributed by atoms with Crippen LogP contribution in [0.1, 0.15) is 75.2 Å². The summed E-state index contributed by atoms with van der Waals surface area (Å²) < 4.78 is 28.0. The van der Waals surface area contributed by atoms with Crippen LogP contribution in [0.3, 0.4) is 0 Å². The Morgan fingerprint density at radius 1 is 0.956 bits per heavy atom. The van der Waals surface area contributed by atoms with Crippen molar-refractivity contribution in [2.24, 2.45) is 0 Å². The molecule has 1 aromatic heterocycles. The van der Waals surface area contributed by atoms with Crippen molar-refractivity contribution in [3.8, 4) is 0 Å². The average Bonchev–Trinajstić information content (AvgIpc) is 3.86. The first-order chi connectivity index (χ1) is 21.3. The highest BCUT2D eigenvalue weighted by molar-refractivity contribution is 6.17. The fraction of sp³-hybridized carbons (Fsp3) is 0.625. The van der Waals surface area contributed by atoms with Gasteiger partial charge >= 0.3 is 5.97 Å². The number of carboxylic acid groups (broad SMARTS) is 1. The summed E-state index contributed by atoms with van der Waals surface area (Å²) in [7, 11) is 0. The fourth-order valence-electron chi connectivity index (χ4n) is 5.31. The van der Waals surface area contributed by atoms with Crippen LogP contribution in [0.25, 0.3) is 10.9 Å². The molecule has 13 heteroatoms. The second-order valence-corrected chi connectivity index (χ2v) is 11.6. The van der Waals surface area contributed by atoms with Gasteiger partial charge < -0.3 is 34.3 Å². The number of aromatic carboxylic acids is 1. The molecule has 1 saturated carbocycles. The Morgan fingerprint density at radius 3 is 2.31 bits per heavy atom. The monoisotopic (exact) mass is 652 g/mol. The van der Waals surface area contributed by atoms with Crippen LogP contribution in [0.4, 0.5) is 10.1 Å². The number of alkyl halides is 1. The maximum absolute atomic E-state index is 15.2. The lowest BCUT2D eigenvalue weighted by atomic mass is 10.1. The zero-order chi connectivity index (χ0) is 31.5. The van der Waals surface area contributed by atoms with Gasteiger partial charge in [-0.3, -0.25) is 14.4 Å². The van der Waals surface area contributed by atoms with E-state index in [9.17, 15) is 24.3 Å². The van der Waals surface area contributed by atoms with Gasteiger partial charge in [-0.05, 0) is 37.8 Å². The van der Waals surface area contributed by atoms with Crippen LogP contribution in [-0.2, 0) is 19.1 Å². The summed E-state index contributed by atoms with van der Waals surface area (Å²) in [4.78, 5) is 52.7. The molecule has 2 fully saturated rings. The number of aromatic nitrogens is 1. The molecular weight excluding hydrogens is 607 g/mol. The molecule has 45 heavy (non-hydrogen) atoms. The van der Waals surface area contributed by atoms with E-state index < -0.39 is 17.2 Å². The van der Waals surface area contributed by atoms with Gasteiger partial charge in [-0.1, -0.05) is 20.3 Å². The SMILES string of the molecule is C.O=C(CCC(=O)N1CCN(c2cc3c(cc2F)c(=O)c(C(=O)O)cn3C2CC2)CC1)NCCOCCOCCCCCCCl. The van der Waals surface area contributed by atoms with E-state index in [2.05, 4.69) is 5.32 Å². The van der Waals surface area contributed by atoms with Gasteiger partial charge in [0.25, 0.3) is 0 Å². The topological polar surface area (TPSA) is 130 Å². The molecule has 0 atom stereocenters. The Morgan fingerprint density at radius 2 is 1.64 bits per heavy atom. The molecule has 2 aromatic rings. The number of fused-ring (bicyclic) bond motifs is 1. The Hall–Kier alpha value is -3.22. The number of hydrogen-bond acceptors (Lipinski definition) is 7. The van der Waals surface area contributed by atoms with Crippen molar-refractivity contribution in [3.63, 3.8) is 0 Å². The minimum absolute atomic E-state index is 0. The quantitative estimate of drug-likeness (QED) is 0.181. The predicted octanol–water partition coefficient (Wildman–Crippen LogP) is 4.19. The molecule has 2 aliphatic rings. The van der Waals surface area contributed by atoms with Crippen molar-refractivity contribution in [1.29, 1.82) is 0 Å². The maximum Gasteiger partial charge on any atom is 0.341 e. The van der Waals surface area contributed by atoms with E-state index in [1.807, 2.05) is 4.90 Å². The molecule has 4 rings (SSSR count). The average molecular weight is 653 g/mol.